The maximum absolute atomic E-state index is 11.9. The van der Waals surface area contributed by atoms with Crippen molar-refractivity contribution in [1.29, 1.82) is 0 Å². The predicted octanol–water partition coefficient (Wildman–Crippen LogP) is 5.89. The first-order valence-electron chi connectivity index (χ1n) is 14.1. The van der Waals surface area contributed by atoms with Crippen molar-refractivity contribution in [3.63, 3.8) is 0 Å². The third-order valence-corrected chi connectivity index (χ3v) is 8.47. The fourth-order valence-electron chi connectivity index (χ4n) is 6.57. The van der Waals surface area contributed by atoms with Crippen molar-refractivity contribution in [2.45, 2.75) is 64.8 Å². The number of anilines is 1. The number of carboxylic acid groups (broad SMARTS) is 1. The predicted molar refractivity (Wildman–Crippen MR) is 151 cm³/mol. The van der Waals surface area contributed by atoms with Gasteiger partial charge in [-0.2, -0.15) is 0 Å². The number of fused-ring (bicyclic) bond motifs is 5. The number of aliphatic hydroxyl groups excluding tert-OH is 1. The molecule has 1 fully saturated rings. The van der Waals surface area contributed by atoms with Crippen molar-refractivity contribution in [2.24, 2.45) is 0 Å². The lowest BCUT2D eigenvalue weighted by atomic mass is 9.81. The molecule has 1 aliphatic heterocycles. The maximum Gasteiger partial charge on any atom is 0.335 e. The number of rotatable bonds is 9. The van der Waals surface area contributed by atoms with Gasteiger partial charge >= 0.3 is 5.97 Å². The van der Waals surface area contributed by atoms with Crippen LogP contribution < -0.4 is 4.90 Å². The number of aromatic carboxylic acids is 1. The fraction of sp³-hybridized carbons (Fsp3) is 0.516. The van der Waals surface area contributed by atoms with Gasteiger partial charge in [0.1, 0.15) is 0 Å². The van der Waals surface area contributed by atoms with E-state index in [1.54, 1.807) is 6.07 Å². The van der Waals surface area contributed by atoms with Gasteiger partial charge in [-0.15, -0.1) is 0 Å². The highest BCUT2D eigenvalue weighted by Crippen LogP contribution is 2.47. The molecule has 1 aromatic heterocycles. The van der Waals surface area contributed by atoms with Gasteiger partial charge in [-0.3, -0.25) is 0 Å². The lowest BCUT2D eigenvalue weighted by Crippen LogP contribution is -2.32. The molecule has 1 saturated carbocycles. The molecule has 2 N–H and O–H groups in total. The van der Waals surface area contributed by atoms with E-state index in [1.165, 1.54) is 65.6 Å². The number of likely N-dealkylation sites (N-methyl/N-ethyl adjacent to an activating group) is 1. The van der Waals surface area contributed by atoms with Gasteiger partial charge in [-0.1, -0.05) is 44.4 Å². The van der Waals surface area contributed by atoms with Crippen LogP contribution in [0.5, 0.6) is 0 Å². The molecule has 2 aliphatic rings. The number of carbonyl (C=O) groups is 1. The van der Waals surface area contributed by atoms with E-state index in [4.69, 9.17) is 0 Å². The van der Waals surface area contributed by atoms with Gasteiger partial charge in [0.25, 0.3) is 0 Å². The summed E-state index contributed by atoms with van der Waals surface area (Å²) >= 11 is 0. The van der Waals surface area contributed by atoms with Crippen molar-refractivity contribution in [3.8, 4) is 11.3 Å². The molecule has 0 amide bonds. The Bertz CT molecular complexity index is 1260. The van der Waals surface area contributed by atoms with Gasteiger partial charge in [0.2, 0.25) is 0 Å². The highest BCUT2D eigenvalue weighted by molar-refractivity contribution is 5.99. The highest BCUT2D eigenvalue weighted by Gasteiger charge is 2.30. The van der Waals surface area contributed by atoms with Crippen LogP contribution in [-0.2, 0) is 6.54 Å². The number of benzene rings is 2. The number of nitrogens with zero attached hydrogens (tertiary/aromatic N) is 3. The Morgan fingerprint density at radius 1 is 1.05 bits per heavy atom. The van der Waals surface area contributed by atoms with E-state index in [-0.39, 0.29) is 6.61 Å². The molecule has 0 radical (unpaired) electrons. The van der Waals surface area contributed by atoms with Crippen LogP contribution >= 0.6 is 0 Å². The number of aromatic nitrogens is 1. The second kappa shape index (κ2) is 11.3. The Labute approximate surface area is 220 Å². The van der Waals surface area contributed by atoms with Crippen LogP contribution in [0.15, 0.2) is 36.4 Å². The summed E-state index contributed by atoms with van der Waals surface area (Å²) in [6.45, 7) is 9.84. The number of aryl methyl sites for hydroxylation is 1. The first kappa shape index (κ1) is 25.8. The van der Waals surface area contributed by atoms with Crippen molar-refractivity contribution in [1.82, 2.24) is 9.47 Å². The molecule has 3 aromatic rings. The molecule has 0 bridgehead atoms. The molecule has 198 valence electrons. The second-order valence-electron chi connectivity index (χ2n) is 10.8. The smallest absolute Gasteiger partial charge is 0.335 e. The summed E-state index contributed by atoms with van der Waals surface area (Å²) < 4.78 is 2.42. The Balaban J connectivity index is 1.60. The van der Waals surface area contributed by atoms with E-state index in [0.29, 0.717) is 11.5 Å². The number of aliphatic hydroxyl groups is 1. The molecular formula is C31H41N3O3. The van der Waals surface area contributed by atoms with Gasteiger partial charge in [-0.05, 0) is 74.5 Å². The van der Waals surface area contributed by atoms with Crippen LogP contribution in [0.4, 0.5) is 5.69 Å². The summed E-state index contributed by atoms with van der Waals surface area (Å²) in [5.41, 5.74) is 7.98. The standard InChI is InChI=1S/C31H41N3O3/c1-3-32(18-19-35)14-7-15-33-16-17-34-28-21-24(31(36)37)11-13-25(28)29(23-8-5-4-6-9-23)30(34)26-12-10-22(2)20-27(26)33/h10-13,20-21,23,35H,3-9,14-19H2,1-2H3,(H,36,37). The lowest BCUT2D eigenvalue weighted by molar-refractivity contribution is 0.0697. The molecule has 1 aliphatic carbocycles. The van der Waals surface area contributed by atoms with Crippen LogP contribution in [0.25, 0.3) is 22.2 Å². The molecule has 6 heteroatoms. The molecule has 0 saturated heterocycles. The summed E-state index contributed by atoms with van der Waals surface area (Å²) in [6, 6.07) is 12.6. The van der Waals surface area contributed by atoms with E-state index in [2.05, 4.69) is 52.5 Å². The SMILES string of the molecule is CCN(CCO)CCCN1CCn2c(c(C3CCCCC3)c3ccc(C(=O)O)cc32)-c2ccc(C)cc21. The van der Waals surface area contributed by atoms with Crippen molar-refractivity contribution in [2.75, 3.05) is 44.2 Å². The minimum Gasteiger partial charge on any atom is -0.478 e. The fourth-order valence-corrected chi connectivity index (χ4v) is 6.57. The van der Waals surface area contributed by atoms with Gasteiger partial charge in [-0.25, -0.2) is 4.79 Å². The molecule has 0 spiro atoms. The zero-order valence-electron chi connectivity index (χ0n) is 22.4. The van der Waals surface area contributed by atoms with E-state index >= 15 is 0 Å². The van der Waals surface area contributed by atoms with Crippen LogP contribution in [0.2, 0.25) is 0 Å². The number of hydrogen-bond acceptors (Lipinski definition) is 4. The molecule has 37 heavy (non-hydrogen) atoms. The van der Waals surface area contributed by atoms with Crippen molar-refractivity contribution < 1.29 is 15.0 Å². The molecule has 2 aromatic carbocycles. The molecule has 0 atom stereocenters. The first-order valence-corrected chi connectivity index (χ1v) is 14.1. The first-order chi connectivity index (χ1) is 18.0. The average molecular weight is 504 g/mol. The zero-order valence-corrected chi connectivity index (χ0v) is 22.4. The summed E-state index contributed by atoms with van der Waals surface area (Å²) in [6.07, 6.45) is 7.28. The largest absolute Gasteiger partial charge is 0.478 e. The van der Waals surface area contributed by atoms with E-state index in [1.807, 2.05) is 6.07 Å². The summed E-state index contributed by atoms with van der Waals surface area (Å²) in [4.78, 5) is 16.7. The third kappa shape index (κ3) is 5.14. The number of carboxylic acids is 1. The maximum atomic E-state index is 11.9. The minimum atomic E-state index is -0.869. The van der Waals surface area contributed by atoms with E-state index < -0.39 is 5.97 Å². The number of hydrogen-bond donors (Lipinski definition) is 2. The Morgan fingerprint density at radius 2 is 1.86 bits per heavy atom. The molecule has 6 nitrogen and oxygen atoms in total. The second-order valence-corrected chi connectivity index (χ2v) is 10.8. The quantitative estimate of drug-likeness (QED) is 0.381. The van der Waals surface area contributed by atoms with E-state index in [0.717, 1.165) is 51.2 Å². The van der Waals surface area contributed by atoms with Gasteiger partial charge in [0.15, 0.2) is 0 Å². The summed E-state index contributed by atoms with van der Waals surface area (Å²) in [5.74, 6) is -0.355. The monoisotopic (exact) mass is 503 g/mol. The normalized spacial score (nSPS) is 16.2. The zero-order chi connectivity index (χ0) is 25.9. The van der Waals surface area contributed by atoms with Crippen molar-refractivity contribution in [3.05, 3.63) is 53.1 Å². The van der Waals surface area contributed by atoms with Gasteiger partial charge < -0.3 is 24.6 Å². The molecule has 5 rings (SSSR count). The Hall–Kier alpha value is -2.83. The van der Waals surface area contributed by atoms with Crippen molar-refractivity contribution >= 4 is 22.6 Å². The van der Waals surface area contributed by atoms with Crippen LogP contribution in [0.3, 0.4) is 0 Å². The summed E-state index contributed by atoms with van der Waals surface area (Å²) in [5, 5.41) is 20.4. The lowest BCUT2D eigenvalue weighted by Gasteiger charge is -2.28. The van der Waals surface area contributed by atoms with E-state index in [9.17, 15) is 15.0 Å². The molecule has 2 heterocycles. The molecule has 0 unspecified atom stereocenters. The highest BCUT2D eigenvalue weighted by atomic mass is 16.4. The summed E-state index contributed by atoms with van der Waals surface area (Å²) in [7, 11) is 0. The average Bonchev–Trinajstić information content (AvgIpc) is 3.15. The minimum absolute atomic E-state index is 0.199. The third-order valence-electron chi connectivity index (χ3n) is 8.47. The Kier molecular flexibility index (Phi) is 7.87. The van der Waals surface area contributed by atoms with Crippen LogP contribution in [0.1, 0.15) is 72.9 Å². The van der Waals surface area contributed by atoms with Crippen LogP contribution in [0, 0.1) is 6.92 Å². The van der Waals surface area contributed by atoms with Gasteiger partial charge in [0.05, 0.1) is 17.9 Å². The Morgan fingerprint density at radius 3 is 2.59 bits per heavy atom. The van der Waals surface area contributed by atoms with Gasteiger partial charge in [0, 0.05) is 48.3 Å². The van der Waals surface area contributed by atoms with Crippen LogP contribution in [-0.4, -0.2) is 65.0 Å². The topological polar surface area (TPSA) is 68.9 Å². The molecular weight excluding hydrogens is 462 g/mol.